The molecule has 2 aromatic rings. The predicted molar refractivity (Wildman–Crippen MR) is 135 cm³/mol. The summed E-state index contributed by atoms with van der Waals surface area (Å²) < 4.78 is 18.8. The maximum atomic E-state index is 13.6. The zero-order valence-corrected chi connectivity index (χ0v) is 21.8. The van der Waals surface area contributed by atoms with Crippen molar-refractivity contribution in [3.05, 3.63) is 35.0 Å². The SMILES string of the molecule is COCCCn1cc(CN(C(=O)[C@H]2CN(C(=O)OC(C)(C)C)CCO2)C2CC2)c2ccc(Cl)cc21. The van der Waals surface area contributed by atoms with Crippen molar-refractivity contribution in [1.29, 1.82) is 0 Å². The van der Waals surface area contributed by atoms with Crippen LogP contribution in [0.1, 0.15) is 45.6 Å². The first-order valence-electron chi connectivity index (χ1n) is 12.3. The summed E-state index contributed by atoms with van der Waals surface area (Å²) in [5, 5.41) is 1.77. The number of aryl methyl sites for hydroxylation is 1. The average Bonchev–Trinajstić information content (AvgIpc) is 3.59. The summed E-state index contributed by atoms with van der Waals surface area (Å²) in [4.78, 5) is 29.7. The van der Waals surface area contributed by atoms with E-state index in [9.17, 15) is 9.59 Å². The summed E-state index contributed by atoms with van der Waals surface area (Å²) in [6.07, 6.45) is 3.86. The number of fused-ring (bicyclic) bond motifs is 1. The fourth-order valence-corrected chi connectivity index (χ4v) is 4.63. The van der Waals surface area contributed by atoms with Crippen LogP contribution in [0.15, 0.2) is 24.4 Å². The van der Waals surface area contributed by atoms with Gasteiger partial charge in [0.15, 0.2) is 6.10 Å². The molecule has 35 heavy (non-hydrogen) atoms. The highest BCUT2D eigenvalue weighted by atomic mass is 35.5. The second-order valence-corrected chi connectivity index (χ2v) is 10.8. The molecule has 8 nitrogen and oxygen atoms in total. The van der Waals surface area contributed by atoms with E-state index in [0.29, 0.717) is 31.3 Å². The van der Waals surface area contributed by atoms with E-state index in [1.165, 1.54) is 0 Å². The molecule has 9 heteroatoms. The third-order valence-electron chi connectivity index (χ3n) is 6.28. The first kappa shape index (κ1) is 25.8. The molecular formula is C26H36ClN3O5. The van der Waals surface area contributed by atoms with Crippen LogP contribution >= 0.6 is 11.6 Å². The third-order valence-corrected chi connectivity index (χ3v) is 6.51. The first-order chi connectivity index (χ1) is 16.7. The molecule has 2 heterocycles. The summed E-state index contributed by atoms with van der Waals surface area (Å²) in [6, 6.07) is 6.08. The lowest BCUT2D eigenvalue weighted by atomic mass is 10.1. The molecule has 0 radical (unpaired) electrons. The number of carbonyl (C=O) groups excluding carboxylic acids is 2. The molecule has 0 unspecified atom stereocenters. The Hall–Kier alpha value is -2.29. The lowest BCUT2D eigenvalue weighted by Crippen LogP contribution is -2.53. The van der Waals surface area contributed by atoms with E-state index < -0.39 is 17.8 Å². The fourth-order valence-electron chi connectivity index (χ4n) is 4.46. The number of nitrogens with zero attached hydrogens (tertiary/aromatic N) is 3. The molecule has 1 aliphatic heterocycles. The van der Waals surface area contributed by atoms with E-state index in [1.807, 2.05) is 43.9 Å². The summed E-state index contributed by atoms with van der Waals surface area (Å²) >= 11 is 6.30. The van der Waals surface area contributed by atoms with Crippen molar-refractivity contribution in [2.24, 2.45) is 0 Å². The molecule has 0 N–H and O–H groups in total. The van der Waals surface area contributed by atoms with E-state index in [4.69, 9.17) is 25.8 Å². The van der Waals surface area contributed by atoms with Crippen LogP contribution in [0, 0.1) is 0 Å². The fraction of sp³-hybridized carbons (Fsp3) is 0.615. The van der Waals surface area contributed by atoms with Crippen molar-refractivity contribution in [3.8, 4) is 0 Å². The maximum Gasteiger partial charge on any atom is 0.410 e. The zero-order valence-electron chi connectivity index (χ0n) is 21.1. The van der Waals surface area contributed by atoms with Crippen molar-refractivity contribution >= 4 is 34.5 Å². The first-order valence-corrected chi connectivity index (χ1v) is 12.7. The van der Waals surface area contributed by atoms with Crippen molar-refractivity contribution in [1.82, 2.24) is 14.4 Å². The van der Waals surface area contributed by atoms with E-state index in [-0.39, 0.29) is 18.5 Å². The summed E-state index contributed by atoms with van der Waals surface area (Å²) in [7, 11) is 1.70. The van der Waals surface area contributed by atoms with Gasteiger partial charge in [-0.15, -0.1) is 0 Å². The van der Waals surface area contributed by atoms with Gasteiger partial charge in [0.2, 0.25) is 0 Å². The quantitative estimate of drug-likeness (QED) is 0.495. The molecule has 2 fully saturated rings. The van der Waals surface area contributed by atoms with Crippen LogP contribution in [0.5, 0.6) is 0 Å². The molecule has 2 aliphatic rings. The molecule has 1 aromatic carbocycles. The Balaban J connectivity index is 1.51. The van der Waals surface area contributed by atoms with Crippen LogP contribution in [0.2, 0.25) is 5.02 Å². The standard InChI is InChI=1S/C26H36ClN3O5/c1-26(2,3)35-25(32)29-11-13-34-23(17-29)24(31)30(20-7-8-20)16-18-15-28(10-5-12-33-4)22-14-19(27)6-9-21(18)22/h6,9,14-15,20,23H,5,7-8,10-13,16-17H2,1-4H3/t23-/m1/s1. The smallest absolute Gasteiger partial charge is 0.410 e. The van der Waals surface area contributed by atoms with Crippen molar-refractivity contribution < 1.29 is 23.8 Å². The second kappa shape index (κ2) is 10.8. The molecule has 0 bridgehead atoms. The van der Waals surface area contributed by atoms with Crippen LogP contribution in [0.25, 0.3) is 10.9 Å². The van der Waals surface area contributed by atoms with E-state index in [1.54, 1.807) is 12.0 Å². The number of methoxy groups -OCH3 is 1. The number of halogens is 1. The van der Waals surface area contributed by atoms with Gasteiger partial charge in [0.1, 0.15) is 5.60 Å². The van der Waals surface area contributed by atoms with Gasteiger partial charge in [-0.1, -0.05) is 17.7 Å². The normalized spacial score (nSPS) is 18.7. The number of amides is 2. The molecular weight excluding hydrogens is 470 g/mol. The van der Waals surface area contributed by atoms with Crippen LogP contribution in [0.4, 0.5) is 4.79 Å². The van der Waals surface area contributed by atoms with Crippen molar-refractivity contribution in [3.63, 3.8) is 0 Å². The summed E-state index contributed by atoms with van der Waals surface area (Å²) in [5.41, 5.74) is 1.54. The summed E-state index contributed by atoms with van der Waals surface area (Å²) in [6.45, 7) is 8.40. The Bertz CT molecular complexity index is 1060. The molecule has 4 rings (SSSR count). The molecule has 2 amide bonds. The molecule has 1 aliphatic carbocycles. The maximum absolute atomic E-state index is 13.6. The zero-order chi connectivity index (χ0) is 25.2. The Kier molecular flexibility index (Phi) is 7.93. The molecule has 1 aromatic heterocycles. The lowest BCUT2D eigenvalue weighted by molar-refractivity contribution is -0.150. The number of morpholine rings is 1. The second-order valence-electron chi connectivity index (χ2n) is 10.3. The van der Waals surface area contributed by atoms with Gasteiger partial charge in [0, 0.05) is 61.5 Å². The van der Waals surface area contributed by atoms with Crippen LogP contribution < -0.4 is 0 Å². The van der Waals surface area contributed by atoms with Crippen LogP contribution in [-0.2, 0) is 32.1 Å². The molecule has 192 valence electrons. The average molecular weight is 506 g/mol. The van der Waals surface area contributed by atoms with Crippen molar-refractivity contribution in [2.75, 3.05) is 33.4 Å². The highest BCUT2D eigenvalue weighted by molar-refractivity contribution is 6.31. The number of hydrogen-bond acceptors (Lipinski definition) is 5. The van der Waals surface area contributed by atoms with Gasteiger partial charge >= 0.3 is 6.09 Å². The largest absolute Gasteiger partial charge is 0.444 e. The Labute approximate surface area is 212 Å². The minimum absolute atomic E-state index is 0.0741. The minimum Gasteiger partial charge on any atom is -0.444 e. The highest BCUT2D eigenvalue weighted by Gasteiger charge is 2.39. The Morgan fingerprint density at radius 3 is 2.71 bits per heavy atom. The van der Waals surface area contributed by atoms with Gasteiger partial charge in [0.25, 0.3) is 5.91 Å². The van der Waals surface area contributed by atoms with E-state index in [2.05, 4.69) is 10.8 Å². The highest BCUT2D eigenvalue weighted by Crippen LogP contribution is 2.33. The number of carbonyl (C=O) groups is 2. The van der Waals surface area contributed by atoms with Gasteiger partial charge < -0.3 is 28.6 Å². The number of hydrogen-bond donors (Lipinski definition) is 0. The Morgan fingerprint density at radius 2 is 2.03 bits per heavy atom. The monoisotopic (exact) mass is 505 g/mol. The van der Waals surface area contributed by atoms with Gasteiger partial charge in [-0.25, -0.2) is 4.79 Å². The molecule has 1 atom stereocenters. The Morgan fingerprint density at radius 1 is 1.26 bits per heavy atom. The predicted octanol–water partition coefficient (Wildman–Crippen LogP) is 4.46. The number of benzene rings is 1. The molecule has 1 saturated heterocycles. The van der Waals surface area contributed by atoms with Gasteiger partial charge in [0.05, 0.1) is 13.2 Å². The summed E-state index contributed by atoms with van der Waals surface area (Å²) in [5.74, 6) is -0.0741. The van der Waals surface area contributed by atoms with Crippen molar-refractivity contribution in [2.45, 2.75) is 70.9 Å². The minimum atomic E-state index is -0.693. The van der Waals surface area contributed by atoms with Crippen LogP contribution in [0.3, 0.4) is 0 Å². The topological polar surface area (TPSA) is 73.2 Å². The number of aromatic nitrogens is 1. The number of ether oxygens (including phenoxy) is 3. The lowest BCUT2D eigenvalue weighted by Gasteiger charge is -2.35. The molecule has 1 saturated carbocycles. The van der Waals surface area contributed by atoms with Gasteiger partial charge in [-0.3, -0.25) is 4.79 Å². The number of rotatable bonds is 8. The van der Waals surface area contributed by atoms with Gasteiger partial charge in [-0.2, -0.15) is 0 Å². The third kappa shape index (κ3) is 6.48. The van der Waals surface area contributed by atoms with E-state index in [0.717, 1.165) is 42.3 Å². The molecule has 0 spiro atoms. The van der Waals surface area contributed by atoms with Gasteiger partial charge in [-0.05, 0) is 57.7 Å². The van der Waals surface area contributed by atoms with Crippen LogP contribution in [-0.4, -0.2) is 77.5 Å². The van der Waals surface area contributed by atoms with E-state index >= 15 is 0 Å².